The van der Waals surface area contributed by atoms with Gasteiger partial charge in [-0.15, -0.1) is 0 Å². The van der Waals surface area contributed by atoms with Gasteiger partial charge in [0.2, 0.25) is 0 Å². The van der Waals surface area contributed by atoms with Crippen LogP contribution in [0, 0.1) is 0 Å². The summed E-state index contributed by atoms with van der Waals surface area (Å²) < 4.78 is 10.8. The van der Waals surface area contributed by atoms with E-state index in [1.807, 2.05) is 19.2 Å². The van der Waals surface area contributed by atoms with Crippen LogP contribution in [-0.2, 0) is 6.54 Å². The van der Waals surface area contributed by atoms with Crippen LogP contribution >= 0.6 is 0 Å². The van der Waals surface area contributed by atoms with Crippen molar-refractivity contribution in [1.82, 2.24) is 0 Å². The Hall–Kier alpha value is -2.36. The summed E-state index contributed by atoms with van der Waals surface area (Å²) in [5.41, 5.74) is 4.18. The largest absolute Gasteiger partial charge is 0.504 e. The average molecular weight is 271 g/mol. The maximum absolute atomic E-state index is 10.1. The molecule has 0 unspecified atom stereocenters. The van der Waals surface area contributed by atoms with Crippen LogP contribution in [0.4, 0.5) is 5.69 Å². The summed E-state index contributed by atoms with van der Waals surface area (Å²) in [7, 11) is 5.21. The van der Waals surface area contributed by atoms with Crippen molar-refractivity contribution in [2.45, 2.75) is 6.54 Å². The molecule has 1 N–H and O–H groups in total. The summed E-state index contributed by atoms with van der Waals surface area (Å²) in [6.45, 7) is 0.667. The molecule has 0 aromatic heterocycles. The molecule has 0 aliphatic carbocycles. The molecule has 104 valence electrons. The van der Waals surface area contributed by atoms with Crippen LogP contribution < -0.4 is 14.4 Å². The molecule has 0 amide bonds. The minimum Gasteiger partial charge on any atom is -0.504 e. The fraction of sp³-hybridized carbons (Fsp3) is 0.250. The van der Waals surface area contributed by atoms with Gasteiger partial charge < -0.3 is 19.5 Å². The number of para-hydroxylation sites is 1. The number of aromatic hydroxyl groups is 1. The molecule has 0 saturated carbocycles. The van der Waals surface area contributed by atoms with Crippen LogP contribution in [0.3, 0.4) is 0 Å². The van der Waals surface area contributed by atoms with Gasteiger partial charge in [0.25, 0.3) is 0 Å². The lowest BCUT2D eigenvalue weighted by atomic mass is 9.91. The Morgan fingerprint density at radius 3 is 2.60 bits per heavy atom. The quantitative estimate of drug-likeness (QED) is 0.911. The van der Waals surface area contributed by atoms with Crippen LogP contribution in [0.5, 0.6) is 17.2 Å². The highest BCUT2D eigenvalue weighted by Crippen LogP contribution is 2.49. The highest BCUT2D eigenvalue weighted by Gasteiger charge is 2.27. The molecule has 1 aliphatic rings. The standard InChI is InChI=1S/C16H17NO3/c1-17-9-11-15(10-6-4-5-7-12(10)17)14(19-2)8-13(18)16(11)20-3/h4-8,18H,9H2,1-3H3. The minimum absolute atomic E-state index is 0.107. The fourth-order valence-corrected chi connectivity index (χ4v) is 2.85. The first-order chi connectivity index (χ1) is 9.67. The molecule has 20 heavy (non-hydrogen) atoms. The number of fused-ring (bicyclic) bond motifs is 3. The third kappa shape index (κ3) is 1.68. The van der Waals surface area contributed by atoms with Crippen LogP contribution in [0.1, 0.15) is 5.56 Å². The van der Waals surface area contributed by atoms with E-state index in [0.717, 1.165) is 22.4 Å². The molecule has 2 aromatic carbocycles. The van der Waals surface area contributed by atoms with E-state index >= 15 is 0 Å². The third-order valence-corrected chi connectivity index (χ3v) is 3.73. The van der Waals surface area contributed by atoms with Crippen molar-refractivity contribution in [3.05, 3.63) is 35.9 Å². The monoisotopic (exact) mass is 271 g/mol. The van der Waals surface area contributed by atoms with Crippen LogP contribution in [0.25, 0.3) is 11.1 Å². The van der Waals surface area contributed by atoms with Crippen molar-refractivity contribution in [3.63, 3.8) is 0 Å². The predicted octanol–water partition coefficient (Wildman–Crippen LogP) is 3.03. The molecule has 0 bridgehead atoms. The molecule has 3 rings (SSSR count). The Bertz CT molecular complexity index is 667. The predicted molar refractivity (Wildman–Crippen MR) is 78.8 cm³/mol. The number of phenols is 1. The maximum atomic E-state index is 10.1. The van der Waals surface area contributed by atoms with Gasteiger partial charge in [0.05, 0.1) is 14.2 Å². The van der Waals surface area contributed by atoms with Crippen molar-refractivity contribution in [1.29, 1.82) is 0 Å². The van der Waals surface area contributed by atoms with Gasteiger partial charge in [-0.2, -0.15) is 0 Å². The summed E-state index contributed by atoms with van der Waals surface area (Å²) >= 11 is 0. The van der Waals surface area contributed by atoms with Crippen molar-refractivity contribution >= 4 is 5.69 Å². The Morgan fingerprint density at radius 2 is 1.90 bits per heavy atom. The van der Waals surface area contributed by atoms with E-state index < -0.39 is 0 Å². The van der Waals surface area contributed by atoms with Crippen LogP contribution in [0.2, 0.25) is 0 Å². The molecule has 0 radical (unpaired) electrons. The van der Waals surface area contributed by atoms with Gasteiger partial charge >= 0.3 is 0 Å². The second-order valence-corrected chi connectivity index (χ2v) is 4.86. The first kappa shape index (κ1) is 12.7. The number of rotatable bonds is 2. The average Bonchev–Trinajstić information content (AvgIpc) is 2.46. The molecule has 4 heteroatoms. The van der Waals surface area contributed by atoms with Crippen LogP contribution in [-0.4, -0.2) is 26.4 Å². The van der Waals surface area contributed by atoms with Crippen LogP contribution in [0.15, 0.2) is 30.3 Å². The lowest BCUT2D eigenvalue weighted by Gasteiger charge is -2.31. The number of hydrogen-bond acceptors (Lipinski definition) is 4. The number of anilines is 1. The number of hydrogen-bond donors (Lipinski definition) is 1. The molecule has 0 fully saturated rings. The Balaban J connectivity index is 2.37. The van der Waals surface area contributed by atoms with Crippen molar-refractivity contribution in [3.8, 4) is 28.4 Å². The fourth-order valence-electron chi connectivity index (χ4n) is 2.85. The molecule has 1 heterocycles. The zero-order valence-electron chi connectivity index (χ0n) is 11.8. The lowest BCUT2D eigenvalue weighted by Crippen LogP contribution is -2.22. The molecule has 4 nitrogen and oxygen atoms in total. The molecule has 2 aromatic rings. The van der Waals surface area contributed by atoms with Crippen molar-refractivity contribution < 1.29 is 14.6 Å². The zero-order valence-corrected chi connectivity index (χ0v) is 11.8. The van der Waals surface area contributed by atoms with Crippen molar-refractivity contribution in [2.24, 2.45) is 0 Å². The van der Waals surface area contributed by atoms with Crippen molar-refractivity contribution in [2.75, 3.05) is 26.2 Å². The summed E-state index contributed by atoms with van der Waals surface area (Å²) in [5.74, 6) is 1.29. The third-order valence-electron chi connectivity index (χ3n) is 3.73. The number of nitrogens with zero attached hydrogens (tertiary/aromatic N) is 1. The number of benzene rings is 2. The first-order valence-electron chi connectivity index (χ1n) is 6.44. The number of methoxy groups -OCH3 is 2. The van der Waals surface area contributed by atoms with Gasteiger partial charge in [-0.3, -0.25) is 0 Å². The van der Waals surface area contributed by atoms with Gasteiger partial charge in [-0.05, 0) is 6.07 Å². The van der Waals surface area contributed by atoms with Gasteiger partial charge in [-0.25, -0.2) is 0 Å². The van der Waals surface area contributed by atoms with E-state index in [0.29, 0.717) is 18.0 Å². The van der Waals surface area contributed by atoms with Gasteiger partial charge in [0, 0.05) is 42.0 Å². The van der Waals surface area contributed by atoms with E-state index in [-0.39, 0.29) is 5.75 Å². The second kappa shape index (κ2) is 4.63. The van der Waals surface area contributed by atoms with Gasteiger partial charge in [0.15, 0.2) is 11.5 Å². The topological polar surface area (TPSA) is 41.9 Å². The second-order valence-electron chi connectivity index (χ2n) is 4.86. The Morgan fingerprint density at radius 1 is 1.15 bits per heavy atom. The molecule has 0 spiro atoms. The molecular weight excluding hydrogens is 254 g/mol. The molecular formula is C16H17NO3. The summed E-state index contributed by atoms with van der Waals surface area (Å²) in [6.07, 6.45) is 0. The van der Waals surface area contributed by atoms with E-state index in [4.69, 9.17) is 9.47 Å². The lowest BCUT2D eigenvalue weighted by molar-refractivity contribution is 0.362. The van der Waals surface area contributed by atoms with E-state index in [1.165, 1.54) is 0 Å². The molecule has 0 saturated heterocycles. The highest BCUT2D eigenvalue weighted by molar-refractivity contribution is 5.89. The minimum atomic E-state index is 0.107. The number of phenolic OH excluding ortho intramolecular Hbond substituents is 1. The highest BCUT2D eigenvalue weighted by atomic mass is 16.5. The SMILES string of the molecule is COc1cc(O)c(OC)c2c1-c1ccccc1N(C)C2. The maximum Gasteiger partial charge on any atom is 0.166 e. The first-order valence-corrected chi connectivity index (χ1v) is 6.44. The van der Waals surface area contributed by atoms with Gasteiger partial charge in [-0.1, -0.05) is 18.2 Å². The van der Waals surface area contributed by atoms with E-state index in [1.54, 1.807) is 20.3 Å². The van der Waals surface area contributed by atoms with Gasteiger partial charge in [0.1, 0.15) is 5.75 Å². The normalized spacial score (nSPS) is 12.7. The smallest absolute Gasteiger partial charge is 0.166 e. The number of ether oxygens (including phenoxy) is 2. The van der Waals surface area contributed by atoms with E-state index in [2.05, 4.69) is 17.0 Å². The summed E-state index contributed by atoms with van der Waals surface area (Å²) in [5, 5.41) is 10.1. The molecule has 0 atom stereocenters. The zero-order chi connectivity index (χ0) is 14.3. The van der Waals surface area contributed by atoms with E-state index in [9.17, 15) is 5.11 Å². The summed E-state index contributed by atoms with van der Waals surface area (Å²) in [4.78, 5) is 2.14. The summed E-state index contributed by atoms with van der Waals surface area (Å²) in [6, 6.07) is 9.77. The molecule has 1 aliphatic heterocycles. The Labute approximate surface area is 118 Å². The Kier molecular flexibility index (Phi) is 2.93.